The van der Waals surface area contributed by atoms with Crippen LogP contribution in [0.4, 0.5) is 18.9 Å². The molecule has 0 radical (unpaired) electrons. The van der Waals surface area contributed by atoms with E-state index in [1.807, 2.05) is 0 Å². The molecule has 0 atom stereocenters. The number of aliphatic hydroxyl groups is 2. The largest absolute Gasteiger partial charge is 0.475 e. The molecule has 1 amide bonds. The minimum Gasteiger partial charge on any atom is -0.475 e. The van der Waals surface area contributed by atoms with Crippen molar-refractivity contribution < 1.29 is 37.7 Å². The van der Waals surface area contributed by atoms with Gasteiger partial charge in [0.15, 0.2) is 0 Å². The number of nitrogens with one attached hydrogen (secondary N) is 1. The van der Waals surface area contributed by atoms with Gasteiger partial charge >= 0.3 is 6.18 Å². The number of alkyl halides is 3. The quantitative estimate of drug-likeness (QED) is 0.467. The van der Waals surface area contributed by atoms with E-state index in [1.165, 1.54) is 24.5 Å². The van der Waals surface area contributed by atoms with Crippen molar-refractivity contribution in [2.24, 2.45) is 0 Å². The topological polar surface area (TPSA) is 114 Å². The second-order valence-corrected chi connectivity index (χ2v) is 8.06. The van der Waals surface area contributed by atoms with Crippen molar-refractivity contribution in [3.63, 3.8) is 0 Å². The minimum absolute atomic E-state index is 0.00603. The summed E-state index contributed by atoms with van der Waals surface area (Å²) >= 11 is 0. The van der Waals surface area contributed by atoms with Crippen LogP contribution in [0.15, 0.2) is 48.8 Å². The van der Waals surface area contributed by atoms with Gasteiger partial charge in [0, 0.05) is 28.6 Å². The lowest BCUT2D eigenvalue weighted by atomic mass is 9.90. The first-order valence-electron chi connectivity index (χ1n) is 10.6. The van der Waals surface area contributed by atoms with Crippen molar-refractivity contribution in [2.45, 2.75) is 18.7 Å². The van der Waals surface area contributed by atoms with Crippen LogP contribution in [-0.2, 0) is 16.5 Å². The number of hydrogen-bond acceptors (Lipinski definition) is 7. The van der Waals surface area contributed by atoms with Crippen molar-refractivity contribution in [3.05, 3.63) is 71.2 Å². The number of aromatic nitrogens is 2. The predicted molar refractivity (Wildman–Crippen MR) is 119 cm³/mol. The van der Waals surface area contributed by atoms with E-state index in [4.69, 9.17) is 14.6 Å². The molecular formula is C24H22F3N3O5. The molecule has 4 rings (SSSR count). The fourth-order valence-corrected chi connectivity index (χ4v) is 3.57. The summed E-state index contributed by atoms with van der Waals surface area (Å²) in [6.45, 7) is 1.61. The van der Waals surface area contributed by atoms with E-state index in [0.29, 0.717) is 22.4 Å². The average Bonchev–Trinajstić information content (AvgIpc) is 2.82. The Hall–Kier alpha value is -3.54. The van der Waals surface area contributed by atoms with Crippen LogP contribution in [-0.4, -0.2) is 52.5 Å². The van der Waals surface area contributed by atoms with E-state index in [0.717, 1.165) is 12.1 Å². The highest BCUT2D eigenvalue weighted by molar-refractivity contribution is 6.04. The van der Waals surface area contributed by atoms with Gasteiger partial charge in [-0.25, -0.2) is 4.98 Å². The maximum Gasteiger partial charge on any atom is 0.416 e. The summed E-state index contributed by atoms with van der Waals surface area (Å²) in [4.78, 5) is 21.2. The van der Waals surface area contributed by atoms with Gasteiger partial charge < -0.3 is 25.0 Å². The number of aryl methyl sites for hydroxylation is 1. The highest BCUT2D eigenvalue weighted by Gasteiger charge is 2.41. The number of carbonyl (C=O) groups excluding carboxylic acids is 1. The van der Waals surface area contributed by atoms with Gasteiger partial charge in [-0.3, -0.25) is 9.78 Å². The van der Waals surface area contributed by atoms with Crippen molar-refractivity contribution in [1.82, 2.24) is 9.97 Å². The normalized spacial score (nSPS) is 14.8. The van der Waals surface area contributed by atoms with Crippen LogP contribution in [0.25, 0.3) is 11.1 Å². The zero-order valence-electron chi connectivity index (χ0n) is 18.6. The Morgan fingerprint density at radius 2 is 1.97 bits per heavy atom. The van der Waals surface area contributed by atoms with Crippen molar-refractivity contribution >= 4 is 11.6 Å². The lowest BCUT2D eigenvalue weighted by Crippen LogP contribution is -2.46. The Morgan fingerprint density at radius 1 is 1.20 bits per heavy atom. The zero-order valence-corrected chi connectivity index (χ0v) is 18.6. The predicted octanol–water partition coefficient (Wildman–Crippen LogP) is 3.31. The minimum atomic E-state index is -4.57. The summed E-state index contributed by atoms with van der Waals surface area (Å²) in [5.41, 5.74) is 0.0141. The molecule has 1 fully saturated rings. The summed E-state index contributed by atoms with van der Waals surface area (Å²) in [5, 5.41) is 22.5. The van der Waals surface area contributed by atoms with Crippen molar-refractivity contribution in [3.8, 4) is 17.0 Å². The number of anilines is 1. The fourth-order valence-electron chi connectivity index (χ4n) is 3.57. The molecule has 0 bridgehead atoms. The second-order valence-electron chi connectivity index (χ2n) is 8.06. The van der Waals surface area contributed by atoms with Crippen LogP contribution in [0.3, 0.4) is 0 Å². The number of benzene rings is 1. The number of hydrogen-bond donors (Lipinski definition) is 3. The SMILES string of the molecule is Cc1ncc(NC(=O)c2cccc(C(F)(F)F)c2)cc1-c1cnc(OCCO)c(C2(O)COC2)c1. The van der Waals surface area contributed by atoms with Gasteiger partial charge in [0.05, 0.1) is 42.8 Å². The zero-order chi connectivity index (χ0) is 25.2. The molecule has 1 saturated heterocycles. The smallest absolute Gasteiger partial charge is 0.416 e. The Morgan fingerprint density at radius 3 is 2.63 bits per heavy atom. The number of amides is 1. The Bertz CT molecular complexity index is 1250. The second kappa shape index (κ2) is 9.61. The highest BCUT2D eigenvalue weighted by Crippen LogP contribution is 2.38. The third-order valence-corrected chi connectivity index (χ3v) is 5.47. The Kier molecular flexibility index (Phi) is 6.75. The van der Waals surface area contributed by atoms with Crippen molar-refractivity contribution in [2.75, 3.05) is 31.7 Å². The summed E-state index contributed by atoms with van der Waals surface area (Å²) in [7, 11) is 0. The first-order valence-corrected chi connectivity index (χ1v) is 10.6. The van der Waals surface area contributed by atoms with Crippen LogP contribution in [0.2, 0.25) is 0 Å². The van der Waals surface area contributed by atoms with E-state index in [9.17, 15) is 23.1 Å². The third-order valence-electron chi connectivity index (χ3n) is 5.47. The van der Waals surface area contributed by atoms with Gasteiger partial charge in [-0.2, -0.15) is 13.2 Å². The number of rotatable bonds is 7. The molecule has 1 aliphatic heterocycles. The van der Waals surface area contributed by atoms with Gasteiger partial charge in [0.2, 0.25) is 5.88 Å². The van der Waals surface area contributed by atoms with E-state index in [1.54, 1.807) is 19.1 Å². The molecule has 0 aliphatic carbocycles. The maximum atomic E-state index is 13.0. The Labute approximate surface area is 198 Å². The van der Waals surface area contributed by atoms with Crippen molar-refractivity contribution in [1.29, 1.82) is 0 Å². The number of aliphatic hydroxyl groups excluding tert-OH is 1. The van der Waals surface area contributed by atoms with Crippen LogP contribution >= 0.6 is 0 Å². The number of pyridine rings is 2. The molecule has 1 aromatic carbocycles. The number of halogens is 3. The molecule has 3 heterocycles. The maximum absolute atomic E-state index is 13.0. The van der Waals surface area contributed by atoms with Crippen LogP contribution in [0, 0.1) is 6.92 Å². The first-order chi connectivity index (χ1) is 16.6. The molecule has 2 aromatic heterocycles. The molecule has 0 unspecified atom stereocenters. The summed E-state index contributed by atoms with van der Waals surface area (Å²) < 4.78 is 49.6. The average molecular weight is 489 g/mol. The highest BCUT2D eigenvalue weighted by atomic mass is 19.4. The third kappa shape index (κ3) is 5.26. The molecule has 0 saturated carbocycles. The molecule has 0 spiro atoms. The molecule has 3 N–H and O–H groups in total. The van der Waals surface area contributed by atoms with Crippen LogP contribution in [0.1, 0.15) is 27.2 Å². The monoisotopic (exact) mass is 489 g/mol. The molecule has 3 aromatic rings. The van der Waals surface area contributed by atoms with E-state index in [-0.39, 0.29) is 43.6 Å². The molecule has 8 nitrogen and oxygen atoms in total. The number of nitrogens with zero attached hydrogens (tertiary/aromatic N) is 2. The number of carbonyl (C=O) groups is 1. The molecule has 35 heavy (non-hydrogen) atoms. The molecular weight excluding hydrogens is 467 g/mol. The standard InChI is InChI=1S/C24H22F3N3O5/c1-14-19(16-8-20(23(33)12-34-13-23)22(29-10-16)35-6-5-31)9-18(11-28-14)30-21(32)15-3-2-4-17(7-15)24(25,26)27/h2-4,7-11,31,33H,5-6,12-13H2,1H3,(H,30,32). The van der Waals surface area contributed by atoms with E-state index < -0.39 is 23.2 Å². The molecule has 184 valence electrons. The lowest BCUT2D eigenvalue weighted by molar-refractivity contribution is -0.185. The number of ether oxygens (including phenoxy) is 2. The van der Waals surface area contributed by atoms with Crippen LogP contribution < -0.4 is 10.1 Å². The molecule has 11 heteroatoms. The van der Waals surface area contributed by atoms with Gasteiger partial charge in [0.1, 0.15) is 12.2 Å². The fraction of sp³-hybridized carbons (Fsp3) is 0.292. The Balaban J connectivity index is 1.64. The van der Waals surface area contributed by atoms with Crippen LogP contribution in [0.5, 0.6) is 5.88 Å². The lowest BCUT2D eigenvalue weighted by Gasteiger charge is -2.37. The van der Waals surface area contributed by atoms with Gasteiger partial charge in [0.25, 0.3) is 5.91 Å². The molecule has 1 aliphatic rings. The summed E-state index contributed by atoms with van der Waals surface area (Å²) in [6.07, 6.45) is -1.67. The van der Waals surface area contributed by atoms with Gasteiger partial charge in [-0.1, -0.05) is 6.07 Å². The van der Waals surface area contributed by atoms with Gasteiger partial charge in [-0.15, -0.1) is 0 Å². The summed E-state index contributed by atoms with van der Waals surface area (Å²) in [5.74, 6) is -0.562. The first kappa shape index (κ1) is 24.6. The van der Waals surface area contributed by atoms with E-state index in [2.05, 4.69) is 15.3 Å². The summed E-state index contributed by atoms with van der Waals surface area (Å²) in [6, 6.07) is 7.41. The van der Waals surface area contributed by atoms with E-state index >= 15 is 0 Å². The van der Waals surface area contributed by atoms with Gasteiger partial charge in [-0.05, 0) is 37.3 Å².